The maximum atomic E-state index is 13.1. The third-order valence-corrected chi connectivity index (χ3v) is 5.38. The summed E-state index contributed by atoms with van der Waals surface area (Å²) in [5.74, 6) is -0.0104. The number of nitrogens with zero attached hydrogens (tertiary/aromatic N) is 1. The summed E-state index contributed by atoms with van der Waals surface area (Å²) in [5.41, 5.74) is -0.0222. The monoisotopic (exact) mass is 271 g/mol. The van der Waals surface area contributed by atoms with Gasteiger partial charge in [-0.3, -0.25) is 0 Å². The fourth-order valence-electron chi connectivity index (χ4n) is 3.56. The average molecular weight is 270 g/mol. The summed E-state index contributed by atoms with van der Waals surface area (Å²) in [7, 11) is 8.04. The Labute approximate surface area is 119 Å². The van der Waals surface area contributed by atoms with Crippen LogP contribution in [-0.4, -0.2) is 37.7 Å². The first-order valence-electron chi connectivity index (χ1n) is 6.41. The number of rotatable bonds is 1. The number of alkyl halides is 2. The van der Waals surface area contributed by atoms with E-state index in [1.54, 1.807) is 6.07 Å². The molecule has 2 aliphatic rings. The number of halogens is 2. The van der Waals surface area contributed by atoms with E-state index < -0.39 is 11.7 Å². The Balaban J connectivity index is 2.09. The van der Waals surface area contributed by atoms with Gasteiger partial charge in [0.1, 0.15) is 31.4 Å². The Morgan fingerprint density at radius 3 is 2.05 bits per heavy atom. The van der Waals surface area contributed by atoms with E-state index in [9.17, 15) is 14.0 Å². The van der Waals surface area contributed by atoms with Crippen LogP contribution in [0.5, 0.6) is 11.5 Å². The van der Waals surface area contributed by atoms with Crippen LogP contribution in [0.15, 0.2) is 18.2 Å². The van der Waals surface area contributed by atoms with E-state index in [1.165, 1.54) is 12.1 Å². The lowest BCUT2D eigenvalue weighted by Gasteiger charge is -2.14. The van der Waals surface area contributed by atoms with Gasteiger partial charge in [-0.15, -0.1) is 8.78 Å². The molecule has 1 saturated carbocycles. The van der Waals surface area contributed by atoms with Crippen molar-refractivity contribution in [3.8, 4) is 17.6 Å². The predicted octanol–water partition coefficient (Wildman–Crippen LogP) is -1.45. The molecule has 1 aliphatic carbocycles. The smallest absolute Gasteiger partial charge is 0.395 e. The predicted molar refractivity (Wildman–Crippen MR) is 79.5 cm³/mol. The molecule has 3 nitrogen and oxygen atoms in total. The van der Waals surface area contributed by atoms with Gasteiger partial charge in [-0.2, -0.15) is 5.26 Å². The third-order valence-electron chi connectivity index (χ3n) is 5.38. The van der Waals surface area contributed by atoms with Gasteiger partial charge in [0.25, 0.3) is 0 Å². The van der Waals surface area contributed by atoms with Gasteiger partial charge in [0.15, 0.2) is 11.5 Å². The van der Waals surface area contributed by atoms with Gasteiger partial charge >= 0.3 is 6.29 Å². The summed E-state index contributed by atoms with van der Waals surface area (Å²) >= 11 is 0. The first kappa shape index (κ1) is 13.4. The summed E-state index contributed by atoms with van der Waals surface area (Å²) in [4.78, 5) is 0. The molecule has 0 amide bonds. The molecule has 20 heavy (non-hydrogen) atoms. The van der Waals surface area contributed by atoms with Crippen LogP contribution in [0.25, 0.3) is 0 Å². The SMILES string of the molecule is BC1(B)C(B)(B)C1(C#N)c1ccc2c(c1)OC(F)(F)O2. The Morgan fingerprint density at radius 1 is 1.00 bits per heavy atom. The fourth-order valence-corrected chi connectivity index (χ4v) is 3.56. The zero-order valence-electron chi connectivity index (χ0n) is 11.8. The molecule has 1 aromatic rings. The topological polar surface area (TPSA) is 42.2 Å². The lowest BCUT2D eigenvalue weighted by Crippen LogP contribution is -2.26. The van der Waals surface area contributed by atoms with E-state index in [4.69, 9.17) is 0 Å². The number of hydrogen-bond donors (Lipinski definition) is 0. The molecule has 9 heteroatoms. The van der Waals surface area contributed by atoms with Gasteiger partial charge < -0.3 is 9.47 Å². The largest absolute Gasteiger partial charge is 0.586 e. The van der Waals surface area contributed by atoms with E-state index in [0.29, 0.717) is 5.56 Å². The molecule has 1 aliphatic heterocycles. The van der Waals surface area contributed by atoms with Gasteiger partial charge in [0.2, 0.25) is 0 Å². The maximum absolute atomic E-state index is 13.1. The van der Waals surface area contributed by atoms with Gasteiger partial charge in [-0.25, -0.2) is 0 Å². The first-order chi connectivity index (χ1) is 9.09. The zero-order chi connectivity index (χ0) is 15.0. The van der Waals surface area contributed by atoms with E-state index in [-0.39, 0.29) is 21.9 Å². The first-order valence-corrected chi connectivity index (χ1v) is 6.41. The fraction of sp³-hybridized carbons (Fsp3) is 0.364. The van der Waals surface area contributed by atoms with Crippen molar-refractivity contribution < 1.29 is 18.3 Å². The minimum Gasteiger partial charge on any atom is -0.395 e. The van der Waals surface area contributed by atoms with E-state index >= 15 is 0 Å². The van der Waals surface area contributed by atoms with Crippen molar-refractivity contribution in [1.82, 2.24) is 0 Å². The second-order valence-corrected chi connectivity index (χ2v) is 6.44. The molecule has 0 atom stereocenters. The highest BCUT2D eigenvalue weighted by Crippen LogP contribution is 2.82. The van der Waals surface area contributed by atoms with Crippen molar-refractivity contribution in [1.29, 1.82) is 5.26 Å². The Morgan fingerprint density at radius 2 is 1.55 bits per heavy atom. The minimum absolute atomic E-state index is 0.00287. The van der Waals surface area contributed by atoms with Crippen molar-refractivity contribution in [2.75, 3.05) is 0 Å². The van der Waals surface area contributed by atoms with Crippen LogP contribution in [0.3, 0.4) is 0 Å². The van der Waals surface area contributed by atoms with Crippen LogP contribution < -0.4 is 9.47 Å². The summed E-state index contributed by atoms with van der Waals surface area (Å²) in [6.07, 6.45) is -3.63. The second kappa shape index (κ2) is 3.36. The molecule has 1 heterocycles. The highest BCUT2D eigenvalue weighted by Gasteiger charge is 2.77. The molecule has 98 valence electrons. The summed E-state index contributed by atoms with van der Waals surface area (Å²) in [5, 5.41) is 9.17. The third kappa shape index (κ3) is 1.27. The van der Waals surface area contributed by atoms with E-state index in [2.05, 4.69) is 15.5 Å². The van der Waals surface area contributed by atoms with Crippen molar-refractivity contribution in [2.24, 2.45) is 0 Å². The quantitative estimate of drug-likeness (QED) is 0.586. The summed E-state index contributed by atoms with van der Waals surface area (Å²) in [6.45, 7) is 0. The second-order valence-electron chi connectivity index (χ2n) is 6.44. The van der Waals surface area contributed by atoms with Crippen LogP contribution in [0.4, 0.5) is 8.78 Å². The molecule has 0 aromatic heterocycles. The molecule has 0 unspecified atom stereocenters. The average Bonchev–Trinajstić information content (AvgIpc) is 2.56. The zero-order valence-corrected chi connectivity index (χ0v) is 11.8. The lowest BCUT2D eigenvalue weighted by molar-refractivity contribution is -0.286. The van der Waals surface area contributed by atoms with E-state index in [1.807, 2.05) is 31.4 Å². The van der Waals surface area contributed by atoms with Crippen LogP contribution in [0, 0.1) is 11.3 Å². The number of benzene rings is 1. The van der Waals surface area contributed by atoms with Crippen LogP contribution in [0.2, 0.25) is 10.4 Å². The summed E-state index contributed by atoms with van der Waals surface area (Å²) in [6, 6.07) is 6.98. The van der Waals surface area contributed by atoms with Gasteiger partial charge in [-0.1, -0.05) is 16.5 Å². The molecular formula is C11H11B4F2NO2. The Hall–Kier alpha value is -1.57. The molecule has 0 N–H and O–H groups in total. The maximum Gasteiger partial charge on any atom is 0.586 e. The molecule has 0 saturated heterocycles. The highest BCUT2D eigenvalue weighted by atomic mass is 19.3. The van der Waals surface area contributed by atoms with Crippen LogP contribution in [0.1, 0.15) is 5.56 Å². The normalized spacial score (nSPS) is 25.6. The van der Waals surface area contributed by atoms with Crippen molar-refractivity contribution >= 4 is 31.4 Å². The molecule has 3 rings (SSSR count). The molecule has 0 bridgehead atoms. The number of hydrogen-bond acceptors (Lipinski definition) is 3. The minimum atomic E-state index is -3.63. The molecule has 1 fully saturated rings. The Bertz CT molecular complexity index is 642. The molecule has 0 spiro atoms. The van der Waals surface area contributed by atoms with Crippen molar-refractivity contribution in [3.63, 3.8) is 0 Å². The van der Waals surface area contributed by atoms with E-state index in [0.717, 1.165) is 0 Å². The van der Waals surface area contributed by atoms with Gasteiger partial charge in [0.05, 0.1) is 11.5 Å². The number of ether oxygens (including phenoxy) is 2. The Kier molecular flexibility index (Phi) is 2.25. The van der Waals surface area contributed by atoms with Gasteiger partial charge in [-0.05, 0) is 17.7 Å². The number of fused-ring (bicyclic) bond motifs is 1. The molecule has 0 radical (unpaired) electrons. The number of nitriles is 1. The highest BCUT2D eigenvalue weighted by molar-refractivity contribution is 6.62. The standard InChI is InChI=1S/C11H11B4F2NO2/c12-9(13)8(4-18,10(9,14)15)5-1-2-6-7(3-5)20-11(16,17)19-6/h1-3H,12-15H2. The van der Waals surface area contributed by atoms with Crippen molar-refractivity contribution in [2.45, 2.75) is 22.1 Å². The summed E-state index contributed by atoms with van der Waals surface area (Å²) < 4.78 is 35.0. The van der Waals surface area contributed by atoms with Crippen molar-refractivity contribution in [3.05, 3.63) is 23.8 Å². The molecule has 1 aromatic carbocycles. The van der Waals surface area contributed by atoms with Crippen LogP contribution in [-0.2, 0) is 5.41 Å². The van der Waals surface area contributed by atoms with Gasteiger partial charge in [0, 0.05) is 0 Å². The lowest BCUT2D eigenvalue weighted by atomic mass is 9.49. The van der Waals surface area contributed by atoms with Crippen LogP contribution >= 0.6 is 0 Å². The molecular weight excluding hydrogens is 259 g/mol.